The quantitative estimate of drug-likeness (QED) is 0.946. The Bertz CT molecular complexity index is 724. The highest BCUT2D eigenvalue weighted by molar-refractivity contribution is 5.88. The molecular formula is C19H20N2O2. The molecule has 2 aromatic carbocycles. The predicted octanol–water partition coefficient (Wildman–Crippen LogP) is 3.16. The van der Waals surface area contributed by atoms with Crippen LogP contribution in [-0.4, -0.2) is 36.2 Å². The van der Waals surface area contributed by atoms with Gasteiger partial charge in [-0.1, -0.05) is 17.7 Å². The standard InChI is InChI=1S/C19H20N2O2/c1-13-2-6-15(7-3-13)20-11-18-10-17(20)12-21(18)16-8-4-14(5-9-16)19(22)23/h2-9,17-18H,10-12H2,1H3,(H,22,23)/t17-,18-/m1/s1. The summed E-state index contributed by atoms with van der Waals surface area (Å²) in [5.41, 5.74) is 4.08. The number of anilines is 2. The fourth-order valence-corrected chi connectivity index (χ4v) is 3.83. The molecule has 2 fully saturated rings. The summed E-state index contributed by atoms with van der Waals surface area (Å²) < 4.78 is 0. The first-order valence-corrected chi connectivity index (χ1v) is 8.05. The van der Waals surface area contributed by atoms with Crippen LogP contribution in [0.1, 0.15) is 22.3 Å². The van der Waals surface area contributed by atoms with Gasteiger partial charge in [0, 0.05) is 36.5 Å². The Morgan fingerprint density at radius 1 is 0.913 bits per heavy atom. The van der Waals surface area contributed by atoms with Gasteiger partial charge in [-0.05, 0) is 49.7 Å². The van der Waals surface area contributed by atoms with E-state index in [0.29, 0.717) is 17.6 Å². The molecule has 0 aromatic heterocycles. The average molecular weight is 308 g/mol. The number of carbonyl (C=O) groups is 1. The van der Waals surface area contributed by atoms with Crippen molar-refractivity contribution in [1.29, 1.82) is 0 Å². The minimum Gasteiger partial charge on any atom is -0.478 e. The van der Waals surface area contributed by atoms with Crippen molar-refractivity contribution in [1.82, 2.24) is 0 Å². The van der Waals surface area contributed by atoms with E-state index in [0.717, 1.165) is 18.8 Å². The molecule has 2 saturated heterocycles. The summed E-state index contributed by atoms with van der Waals surface area (Å²) in [6, 6.07) is 17.1. The number of rotatable bonds is 3. The number of carboxylic acids is 1. The summed E-state index contributed by atoms with van der Waals surface area (Å²) >= 11 is 0. The van der Waals surface area contributed by atoms with E-state index in [-0.39, 0.29) is 0 Å². The van der Waals surface area contributed by atoms with Gasteiger partial charge >= 0.3 is 5.97 Å². The van der Waals surface area contributed by atoms with Crippen LogP contribution in [0.3, 0.4) is 0 Å². The first-order chi connectivity index (χ1) is 11.1. The minimum absolute atomic E-state index is 0.347. The van der Waals surface area contributed by atoms with E-state index < -0.39 is 5.97 Å². The van der Waals surface area contributed by atoms with Gasteiger partial charge in [-0.25, -0.2) is 4.79 Å². The summed E-state index contributed by atoms with van der Waals surface area (Å²) in [6.07, 6.45) is 1.18. The number of aryl methyl sites for hydroxylation is 1. The maximum Gasteiger partial charge on any atom is 0.335 e. The van der Waals surface area contributed by atoms with Crippen LogP contribution in [0.15, 0.2) is 48.5 Å². The van der Waals surface area contributed by atoms with Gasteiger partial charge in [-0.2, -0.15) is 0 Å². The van der Waals surface area contributed by atoms with E-state index in [1.54, 1.807) is 12.1 Å². The van der Waals surface area contributed by atoms with Crippen molar-refractivity contribution in [3.05, 3.63) is 59.7 Å². The maximum atomic E-state index is 11.0. The molecule has 0 amide bonds. The Kier molecular flexibility index (Phi) is 3.26. The second-order valence-electron chi connectivity index (χ2n) is 6.54. The van der Waals surface area contributed by atoms with Crippen LogP contribution in [0, 0.1) is 6.92 Å². The number of aromatic carboxylic acids is 1. The maximum absolute atomic E-state index is 11.0. The molecule has 2 aliphatic heterocycles. The SMILES string of the molecule is Cc1ccc(N2C[C@H]3C[C@@H]2CN3c2ccc(C(=O)O)cc2)cc1. The van der Waals surface area contributed by atoms with E-state index >= 15 is 0 Å². The van der Waals surface area contributed by atoms with Crippen molar-refractivity contribution in [2.75, 3.05) is 22.9 Å². The number of fused-ring (bicyclic) bond motifs is 2. The Morgan fingerprint density at radius 2 is 1.39 bits per heavy atom. The molecule has 2 aromatic rings. The molecule has 2 heterocycles. The van der Waals surface area contributed by atoms with Crippen LogP contribution in [0.5, 0.6) is 0 Å². The van der Waals surface area contributed by atoms with Gasteiger partial charge in [0.05, 0.1) is 5.56 Å². The molecule has 0 saturated carbocycles. The smallest absolute Gasteiger partial charge is 0.335 e. The Labute approximate surface area is 136 Å². The van der Waals surface area contributed by atoms with Gasteiger partial charge in [-0.15, -0.1) is 0 Å². The fourth-order valence-electron chi connectivity index (χ4n) is 3.83. The topological polar surface area (TPSA) is 43.8 Å². The van der Waals surface area contributed by atoms with E-state index in [4.69, 9.17) is 5.11 Å². The second kappa shape index (κ2) is 5.30. The lowest BCUT2D eigenvalue weighted by atomic mass is 10.1. The van der Waals surface area contributed by atoms with Crippen molar-refractivity contribution in [3.63, 3.8) is 0 Å². The number of benzene rings is 2. The predicted molar refractivity (Wildman–Crippen MR) is 91.5 cm³/mol. The van der Waals surface area contributed by atoms with E-state index in [2.05, 4.69) is 41.0 Å². The highest BCUT2D eigenvalue weighted by Crippen LogP contribution is 2.37. The van der Waals surface area contributed by atoms with Crippen molar-refractivity contribution in [2.45, 2.75) is 25.4 Å². The first-order valence-electron chi connectivity index (χ1n) is 8.05. The number of hydrogen-bond acceptors (Lipinski definition) is 3. The van der Waals surface area contributed by atoms with Crippen LogP contribution >= 0.6 is 0 Å². The van der Waals surface area contributed by atoms with Crippen molar-refractivity contribution in [2.24, 2.45) is 0 Å². The lowest BCUT2D eigenvalue weighted by Gasteiger charge is -2.37. The third kappa shape index (κ3) is 2.44. The first kappa shape index (κ1) is 14.1. The molecule has 2 atom stereocenters. The van der Waals surface area contributed by atoms with Crippen molar-refractivity contribution >= 4 is 17.3 Å². The lowest BCUT2D eigenvalue weighted by Crippen LogP contribution is -2.46. The molecule has 4 nitrogen and oxygen atoms in total. The van der Waals surface area contributed by atoms with Crippen LogP contribution in [0.4, 0.5) is 11.4 Å². The molecule has 0 spiro atoms. The molecule has 1 N–H and O–H groups in total. The van der Waals surface area contributed by atoms with Crippen LogP contribution in [0.25, 0.3) is 0 Å². The van der Waals surface area contributed by atoms with Crippen molar-refractivity contribution < 1.29 is 9.90 Å². The Balaban J connectivity index is 1.50. The highest BCUT2D eigenvalue weighted by atomic mass is 16.4. The van der Waals surface area contributed by atoms with E-state index in [1.807, 2.05) is 12.1 Å². The minimum atomic E-state index is -0.870. The van der Waals surface area contributed by atoms with Gasteiger partial charge in [0.1, 0.15) is 0 Å². The highest BCUT2D eigenvalue weighted by Gasteiger charge is 2.43. The Hall–Kier alpha value is -2.49. The lowest BCUT2D eigenvalue weighted by molar-refractivity contribution is 0.0697. The largest absolute Gasteiger partial charge is 0.478 e. The Morgan fingerprint density at radius 3 is 1.83 bits per heavy atom. The normalized spacial score (nSPS) is 22.7. The van der Waals surface area contributed by atoms with Gasteiger partial charge in [0.15, 0.2) is 0 Å². The zero-order chi connectivity index (χ0) is 16.0. The summed E-state index contributed by atoms with van der Waals surface area (Å²) in [4.78, 5) is 15.9. The zero-order valence-corrected chi connectivity index (χ0v) is 13.1. The zero-order valence-electron chi connectivity index (χ0n) is 13.1. The number of piperazine rings is 1. The third-order valence-corrected chi connectivity index (χ3v) is 5.05. The number of nitrogens with zero attached hydrogens (tertiary/aromatic N) is 2. The number of carboxylic acid groups (broad SMARTS) is 1. The molecule has 2 bridgehead atoms. The van der Waals surface area contributed by atoms with Gasteiger partial charge < -0.3 is 14.9 Å². The molecular weight excluding hydrogens is 288 g/mol. The van der Waals surface area contributed by atoms with Gasteiger partial charge in [0.25, 0.3) is 0 Å². The van der Waals surface area contributed by atoms with Crippen LogP contribution < -0.4 is 9.80 Å². The third-order valence-electron chi connectivity index (χ3n) is 5.05. The monoisotopic (exact) mass is 308 g/mol. The summed E-state index contributed by atoms with van der Waals surface area (Å²) in [5.74, 6) is -0.870. The molecule has 0 radical (unpaired) electrons. The summed E-state index contributed by atoms with van der Waals surface area (Å²) in [5, 5.41) is 9.01. The molecule has 23 heavy (non-hydrogen) atoms. The number of hydrogen-bond donors (Lipinski definition) is 1. The second-order valence-corrected chi connectivity index (χ2v) is 6.54. The van der Waals surface area contributed by atoms with Crippen LogP contribution in [-0.2, 0) is 0 Å². The summed E-state index contributed by atoms with van der Waals surface area (Å²) in [6.45, 7) is 4.15. The molecule has 0 unspecified atom stereocenters. The van der Waals surface area contributed by atoms with E-state index in [1.165, 1.54) is 17.7 Å². The van der Waals surface area contributed by atoms with E-state index in [9.17, 15) is 4.79 Å². The van der Waals surface area contributed by atoms with Gasteiger partial charge in [-0.3, -0.25) is 0 Å². The molecule has 4 heteroatoms. The molecule has 4 rings (SSSR count). The van der Waals surface area contributed by atoms with Crippen LogP contribution in [0.2, 0.25) is 0 Å². The average Bonchev–Trinajstić information content (AvgIpc) is 3.16. The summed E-state index contributed by atoms with van der Waals surface area (Å²) in [7, 11) is 0. The fraction of sp³-hybridized carbons (Fsp3) is 0.316. The molecule has 0 aliphatic carbocycles. The van der Waals surface area contributed by atoms with Crippen molar-refractivity contribution in [3.8, 4) is 0 Å². The molecule has 118 valence electrons. The van der Waals surface area contributed by atoms with Gasteiger partial charge in [0.2, 0.25) is 0 Å². The molecule has 2 aliphatic rings.